The third-order valence-corrected chi connectivity index (χ3v) is 5.66. The van der Waals surface area contributed by atoms with Gasteiger partial charge in [0.05, 0.1) is 7.11 Å². The minimum Gasteiger partial charge on any atom is -0.497 e. The van der Waals surface area contributed by atoms with E-state index in [0.717, 1.165) is 43.7 Å². The largest absolute Gasteiger partial charge is 0.497 e. The summed E-state index contributed by atoms with van der Waals surface area (Å²) >= 11 is 0. The predicted octanol–water partition coefficient (Wildman–Crippen LogP) is 2.89. The van der Waals surface area contributed by atoms with Crippen LogP contribution < -0.4 is 20.1 Å². The van der Waals surface area contributed by atoms with Crippen LogP contribution >= 0.6 is 0 Å². The van der Waals surface area contributed by atoms with Gasteiger partial charge in [0.25, 0.3) is 0 Å². The molecule has 4 rings (SSSR count). The van der Waals surface area contributed by atoms with Gasteiger partial charge in [0.15, 0.2) is 0 Å². The number of benzene rings is 1. The molecule has 2 heterocycles. The van der Waals surface area contributed by atoms with Crippen molar-refractivity contribution in [2.24, 2.45) is 11.3 Å². The first-order valence-electron chi connectivity index (χ1n) is 9.44. The summed E-state index contributed by atoms with van der Waals surface area (Å²) in [6.45, 7) is 2.45. The lowest BCUT2D eigenvalue weighted by atomic mass is 9.92. The lowest BCUT2D eigenvalue weighted by molar-refractivity contribution is -0.123. The number of hydrogen-bond donors (Lipinski definition) is 2. The molecule has 1 amide bonds. The molecule has 2 aliphatic rings. The number of aromatic nitrogens is 1. The second-order valence-electron chi connectivity index (χ2n) is 7.34. The summed E-state index contributed by atoms with van der Waals surface area (Å²) in [5, 5.41) is 6.45. The van der Waals surface area contributed by atoms with Crippen LogP contribution in [0.15, 0.2) is 42.6 Å². The first-order chi connectivity index (χ1) is 13.2. The second-order valence-corrected chi connectivity index (χ2v) is 7.34. The Morgan fingerprint density at radius 3 is 2.89 bits per heavy atom. The van der Waals surface area contributed by atoms with E-state index in [1.807, 2.05) is 36.4 Å². The molecular weight excluding hydrogens is 342 g/mol. The summed E-state index contributed by atoms with van der Waals surface area (Å²) in [4.78, 5) is 16.9. The molecule has 2 aromatic rings. The number of methoxy groups -OCH3 is 1. The third-order valence-electron chi connectivity index (χ3n) is 5.66. The highest BCUT2D eigenvalue weighted by Gasteiger charge is 2.57. The Morgan fingerprint density at radius 2 is 2.07 bits per heavy atom. The minimum atomic E-state index is 0.146. The van der Waals surface area contributed by atoms with Gasteiger partial charge in [-0.2, -0.15) is 0 Å². The monoisotopic (exact) mass is 367 g/mol. The summed E-state index contributed by atoms with van der Waals surface area (Å²) < 4.78 is 11.1. The van der Waals surface area contributed by atoms with Gasteiger partial charge < -0.3 is 20.1 Å². The molecule has 142 valence electrons. The van der Waals surface area contributed by atoms with Crippen molar-refractivity contribution in [1.82, 2.24) is 15.6 Å². The quantitative estimate of drug-likeness (QED) is 0.821. The van der Waals surface area contributed by atoms with Crippen LogP contribution in [0.5, 0.6) is 17.4 Å². The van der Waals surface area contributed by atoms with E-state index in [0.29, 0.717) is 18.2 Å². The molecule has 1 unspecified atom stereocenters. The molecule has 2 fully saturated rings. The minimum absolute atomic E-state index is 0.146. The molecule has 1 aromatic carbocycles. The van der Waals surface area contributed by atoms with Gasteiger partial charge in [0.1, 0.15) is 11.5 Å². The first-order valence-corrected chi connectivity index (χ1v) is 9.44. The Hall–Kier alpha value is -2.60. The van der Waals surface area contributed by atoms with Crippen LogP contribution in [0.3, 0.4) is 0 Å². The van der Waals surface area contributed by atoms with E-state index in [1.54, 1.807) is 13.3 Å². The number of carbonyl (C=O) groups is 1. The van der Waals surface area contributed by atoms with Crippen LogP contribution in [0.1, 0.15) is 24.8 Å². The average molecular weight is 367 g/mol. The highest BCUT2D eigenvalue weighted by atomic mass is 16.5. The zero-order valence-electron chi connectivity index (χ0n) is 15.5. The maximum absolute atomic E-state index is 12.6. The lowest BCUT2D eigenvalue weighted by Gasteiger charge is -2.23. The normalized spacial score (nSPS) is 20.1. The van der Waals surface area contributed by atoms with Gasteiger partial charge >= 0.3 is 0 Å². The molecule has 1 spiro atoms. The molecule has 27 heavy (non-hydrogen) atoms. The van der Waals surface area contributed by atoms with E-state index >= 15 is 0 Å². The second kappa shape index (κ2) is 7.56. The Bertz CT molecular complexity index is 818. The van der Waals surface area contributed by atoms with Crippen molar-refractivity contribution in [2.75, 3.05) is 20.2 Å². The van der Waals surface area contributed by atoms with Crippen LogP contribution in [0.25, 0.3) is 0 Å². The number of amides is 1. The molecule has 1 saturated heterocycles. The zero-order chi connectivity index (χ0) is 18.7. The third kappa shape index (κ3) is 3.90. The molecule has 1 saturated carbocycles. The van der Waals surface area contributed by atoms with E-state index in [4.69, 9.17) is 9.47 Å². The van der Waals surface area contributed by atoms with Gasteiger partial charge in [0.2, 0.25) is 11.8 Å². The molecule has 0 radical (unpaired) electrons. The van der Waals surface area contributed by atoms with Crippen LogP contribution in [-0.2, 0) is 11.3 Å². The molecule has 6 nitrogen and oxygen atoms in total. The maximum Gasteiger partial charge on any atom is 0.224 e. The molecule has 1 aliphatic carbocycles. The standard InChI is InChI=1S/C21H25N3O3/c1-26-16-5-2-6-17(12-16)27-20-15(4-3-9-23-20)14-24-19(25)18-13-21(18)7-10-22-11-8-21/h2-6,9,12,18,22H,7-8,10-11,13-14H2,1H3,(H,24,25). The van der Waals surface area contributed by atoms with E-state index in [-0.39, 0.29) is 17.2 Å². The molecule has 0 bridgehead atoms. The van der Waals surface area contributed by atoms with Crippen LogP contribution in [-0.4, -0.2) is 31.1 Å². The fourth-order valence-corrected chi connectivity index (χ4v) is 3.93. The van der Waals surface area contributed by atoms with Gasteiger partial charge in [-0.05, 0) is 56.0 Å². The molecule has 6 heteroatoms. The van der Waals surface area contributed by atoms with E-state index < -0.39 is 0 Å². The van der Waals surface area contributed by atoms with Crippen molar-refractivity contribution in [3.05, 3.63) is 48.2 Å². The summed E-state index contributed by atoms with van der Waals surface area (Å²) in [5.74, 6) is 2.17. The van der Waals surface area contributed by atoms with Crippen molar-refractivity contribution in [2.45, 2.75) is 25.8 Å². The SMILES string of the molecule is COc1cccc(Oc2ncccc2CNC(=O)C2CC23CCNCC3)c1. The average Bonchev–Trinajstić information content (AvgIpc) is 3.40. The Labute approximate surface area is 159 Å². The van der Waals surface area contributed by atoms with Crippen LogP contribution in [0, 0.1) is 11.3 Å². The Morgan fingerprint density at radius 1 is 1.26 bits per heavy atom. The first kappa shape index (κ1) is 17.8. The van der Waals surface area contributed by atoms with Gasteiger partial charge in [-0.3, -0.25) is 4.79 Å². The number of piperidine rings is 1. The maximum atomic E-state index is 12.6. The smallest absolute Gasteiger partial charge is 0.224 e. The summed E-state index contributed by atoms with van der Waals surface area (Å²) in [5.41, 5.74) is 1.10. The highest BCUT2D eigenvalue weighted by molar-refractivity contribution is 5.82. The van der Waals surface area contributed by atoms with Crippen molar-refractivity contribution >= 4 is 5.91 Å². The van der Waals surface area contributed by atoms with Gasteiger partial charge in [0, 0.05) is 30.3 Å². The van der Waals surface area contributed by atoms with Crippen molar-refractivity contribution in [1.29, 1.82) is 0 Å². The van der Waals surface area contributed by atoms with Crippen LogP contribution in [0.2, 0.25) is 0 Å². The van der Waals surface area contributed by atoms with E-state index in [1.165, 1.54) is 0 Å². The number of nitrogens with one attached hydrogen (secondary N) is 2. The predicted molar refractivity (Wildman–Crippen MR) is 102 cm³/mol. The number of ether oxygens (including phenoxy) is 2. The van der Waals surface area contributed by atoms with E-state index in [9.17, 15) is 4.79 Å². The molecule has 1 aromatic heterocycles. The summed E-state index contributed by atoms with van der Waals surface area (Å²) in [6, 6.07) is 11.2. The zero-order valence-corrected chi connectivity index (χ0v) is 15.5. The van der Waals surface area contributed by atoms with Crippen LogP contribution in [0.4, 0.5) is 0 Å². The molecule has 1 atom stereocenters. The molecular formula is C21H25N3O3. The fourth-order valence-electron chi connectivity index (χ4n) is 3.93. The Balaban J connectivity index is 1.39. The van der Waals surface area contributed by atoms with Crippen molar-refractivity contribution in [3.8, 4) is 17.4 Å². The van der Waals surface area contributed by atoms with Gasteiger partial charge in [-0.1, -0.05) is 12.1 Å². The molecule has 2 N–H and O–H groups in total. The number of nitrogens with zero attached hydrogens (tertiary/aromatic N) is 1. The molecule has 1 aliphatic heterocycles. The lowest BCUT2D eigenvalue weighted by Crippen LogP contribution is -2.33. The van der Waals surface area contributed by atoms with Gasteiger partial charge in [-0.15, -0.1) is 0 Å². The number of hydrogen-bond acceptors (Lipinski definition) is 5. The topological polar surface area (TPSA) is 72.5 Å². The van der Waals surface area contributed by atoms with Crippen molar-refractivity contribution < 1.29 is 14.3 Å². The number of pyridine rings is 1. The summed E-state index contributed by atoms with van der Waals surface area (Å²) in [6.07, 6.45) is 4.90. The number of carbonyl (C=O) groups excluding carboxylic acids is 1. The van der Waals surface area contributed by atoms with E-state index in [2.05, 4.69) is 15.6 Å². The van der Waals surface area contributed by atoms with Crippen molar-refractivity contribution in [3.63, 3.8) is 0 Å². The summed E-state index contributed by atoms with van der Waals surface area (Å²) in [7, 11) is 1.62. The highest BCUT2D eigenvalue weighted by Crippen LogP contribution is 2.58. The fraction of sp³-hybridized carbons (Fsp3) is 0.429. The number of rotatable bonds is 6. The van der Waals surface area contributed by atoms with Gasteiger partial charge in [-0.25, -0.2) is 4.98 Å². The Kier molecular flexibility index (Phi) is 4.99.